The Morgan fingerprint density at radius 2 is 1.39 bits per heavy atom. The second kappa shape index (κ2) is 7.55. The SMILES string of the molecule is c1ccc(-n2c3cc4c(cc3c3c5c(ccc32)c2ccncc2n2c3cnccc3nc52)Cc2ccccc2-4)cc1. The highest BCUT2D eigenvalue weighted by atomic mass is 15.0. The van der Waals surface area contributed by atoms with Gasteiger partial charge < -0.3 is 4.57 Å². The smallest absolute Gasteiger partial charge is 0.147 e. The summed E-state index contributed by atoms with van der Waals surface area (Å²) in [5.41, 5.74) is 12.9. The molecule has 0 saturated heterocycles. The number of nitrogens with zero attached hydrogens (tertiary/aromatic N) is 5. The third-order valence-electron chi connectivity index (χ3n) is 8.87. The van der Waals surface area contributed by atoms with Crippen molar-refractivity contribution >= 4 is 60.2 Å². The van der Waals surface area contributed by atoms with E-state index < -0.39 is 0 Å². The zero-order valence-corrected chi connectivity index (χ0v) is 21.9. The fraction of sp³-hybridized carbons (Fsp3) is 0.0278. The summed E-state index contributed by atoms with van der Waals surface area (Å²) >= 11 is 0. The molecule has 0 atom stereocenters. The molecule has 0 N–H and O–H groups in total. The van der Waals surface area contributed by atoms with Gasteiger partial charge in [-0.25, -0.2) is 4.98 Å². The maximum Gasteiger partial charge on any atom is 0.147 e. The number of pyridine rings is 3. The molecule has 9 aromatic rings. The Bertz CT molecular complexity index is 2550. The molecule has 0 spiro atoms. The molecular weight excluding hydrogens is 502 g/mol. The fourth-order valence-corrected chi connectivity index (χ4v) is 7.18. The van der Waals surface area contributed by atoms with Crippen LogP contribution in [0.4, 0.5) is 0 Å². The molecule has 5 aromatic heterocycles. The minimum atomic E-state index is 0.929. The third kappa shape index (κ3) is 2.68. The van der Waals surface area contributed by atoms with Crippen molar-refractivity contribution in [1.29, 1.82) is 0 Å². The Balaban J connectivity index is 1.48. The number of fused-ring (bicyclic) bond motifs is 15. The highest BCUT2D eigenvalue weighted by molar-refractivity contribution is 6.30. The monoisotopic (exact) mass is 523 g/mol. The van der Waals surface area contributed by atoms with E-state index in [1.54, 1.807) is 0 Å². The van der Waals surface area contributed by atoms with E-state index in [0.29, 0.717) is 0 Å². The van der Waals surface area contributed by atoms with Gasteiger partial charge in [0.1, 0.15) is 5.65 Å². The molecule has 190 valence electrons. The van der Waals surface area contributed by atoms with Crippen LogP contribution in [0.2, 0.25) is 0 Å². The van der Waals surface area contributed by atoms with Crippen molar-refractivity contribution in [3.05, 3.63) is 127 Å². The van der Waals surface area contributed by atoms with Crippen LogP contribution in [0.3, 0.4) is 0 Å². The molecular formula is C36H21N5. The summed E-state index contributed by atoms with van der Waals surface area (Å²) < 4.78 is 4.66. The van der Waals surface area contributed by atoms with Gasteiger partial charge in [-0.1, -0.05) is 48.5 Å². The minimum absolute atomic E-state index is 0.929. The Morgan fingerprint density at radius 1 is 0.561 bits per heavy atom. The molecule has 5 nitrogen and oxygen atoms in total. The van der Waals surface area contributed by atoms with Gasteiger partial charge in [-0.3, -0.25) is 14.4 Å². The normalized spacial score (nSPS) is 12.8. The molecule has 4 aromatic carbocycles. The van der Waals surface area contributed by atoms with Crippen molar-refractivity contribution < 1.29 is 0 Å². The molecule has 0 saturated carbocycles. The number of benzene rings is 4. The zero-order valence-electron chi connectivity index (χ0n) is 21.9. The Hall–Kier alpha value is -5.55. The lowest BCUT2D eigenvalue weighted by Gasteiger charge is -2.11. The summed E-state index contributed by atoms with van der Waals surface area (Å²) in [6, 6.07) is 33.0. The average molecular weight is 524 g/mol. The largest absolute Gasteiger partial charge is 0.309 e. The predicted octanol–water partition coefficient (Wildman–Crippen LogP) is 8.25. The highest BCUT2D eigenvalue weighted by Crippen LogP contribution is 2.45. The molecule has 5 heterocycles. The molecule has 0 bridgehead atoms. The summed E-state index contributed by atoms with van der Waals surface area (Å²) in [6.45, 7) is 0. The van der Waals surface area contributed by atoms with Crippen molar-refractivity contribution in [2.75, 3.05) is 0 Å². The Kier molecular flexibility index (Phi) is 3.92. The van der Waals surface area contributed by atoms with E-state index in [1.165, 1.54) is 49.4 Å². The van der Waals surface area contributed by atoms with Gasteiger partial charge in [0, 0.05) is 39.6 Å². The van der Waals surface area contributed by atoms with Gasteiger partial charge >= 0.3 is 0 Å². The third-order valence-corrected chi connectivity index (χ3v) is 8.87. The lowest BCUT2D eigenvalue weighted by molar-refractivity contribution is 1.18. The molecule has 0 fully saturated rings. The summed E-state index contributed by atoms with van der Waals surface area (Å²) in [6.07, 6.45) is 8.50. The summed E-state index contributed by atoms with van der Waals surface area (Å²) in [5, 5.41) is 5.98. The van der Waals surface area contributed by atoms with Gasteiger partial charge in [-0.15, -0.1) is 0 Å². The topological polar surface area (TPSA) is 48.0 Å². The van der Waals surface area contributed by atoms with Crippen molar-refractivity contribution in [3.8, 4) is 16.8 Å². The van der Waals surface area contributed by atoms with Crippen LogP contribution in [-0.2, 0) is 6.42 Å². The first kappa shape index (κ1) is 21.3. The summed E-state index contributed by atoms with van der Waals surface area (Å²) in [5.74, 6) is 0. The second-order valence-corrected chi connectivity index (χ2v) is 10.9. The van der Waals surface area contributed by atoms with Gasteiger partial charge in [0.25, 0.3) is 0 Å². The molecule has 1 aliphatic carbocycles. The number of para-hydroxylation sites is 1. The van der Waals surface area contributed by atoms with E-state index in [0.717, 1.165) is 45.1 Å². The van der Waals surface area contributed by atoms with Crippen LogP contribution in [0, 0.1) is 0 Å². The lowest BCUT2D eigenvalue weighted by Crippen LogP contribution is -1.95. The van der Waals surface area contributed by atoms with Gasteiger partial charge in [0.2, 0.25) is 0 Å². The molecule has 5 heteroatoms. The van der Waals surface area contributed by atoms with Crippen molar-refractivity contribution in [2.45, 2.75) is 6.42 Å². The first-order valence-electron chi connectivity index (χ1n) is 13.9. The molecule has 41 heavy (non-hydrogen) atoms. The molecule has 0 radical (unpaired) electrons. The van der Waals surface area contributed by atoms with Crippen molar-refractivity contribution in [1.82, 2.24) is 23.9 Å². The fourth-order valence-electron chi connectivity index (χ4n) is 7.18. The van der Waals surface area contributed by atoms with Crippen LogP contribution in [0.5, 0.6) is 0 Å². The van der Waals surface area contributed by atoms with Gasteiger partial charge in [-0.2, -0.15) is 0 Å². The van der Waals surface area contributed by atoms with Crippen LogP contribution in [0.25, 0.3) is 77.0 Å². The van der Waals surface area contributed by atoms with Crippen LogP contribution in [-0.4, -0.2) is 23.9 Å². The number of hydrogen-bond donors (Lipinski definition) is 0. The van der Waals surface area contributed by atoms with Crippen LogP contribution in [0.1, 0.15) is 11.1 Å². The quantitative estimate of drug-likeness (QED) is 0.204. The summed E-state index contributed by atoms with van der Waals surface area (Å²) in [4.78, 5) is 14.2. The minimum Gasteiger partial charge on any atom is -0.309 e. The molecule has 0 aliphatic heterocycles. The number of rotatable bonds is 1. The van der Waals surface area contributed by atoms with Gasteiger partial charge in [0.15, 0.2) is 0 Å². The standard InChI is InChI=1S/C36H21N5/c1-2-7-23(8-3-1)40-30-11-10-26-25-12-14-37-19-32(25)41-33-20-38-15-13-29(33)39-36(41)35(26)34(30)28-17-22-16-21-6-4-5-9-24(21)27(22)18-31(28)40/h1-15,17-20H,16H2. The maximum absolute atomic E-state index is 5.22. The first-order valence-corrected chi connectivity index (χ1v) is 13.9. The molecule has 0 amide bonds. The number of aromatic nitrogens is 5. The maximum atomic E-state index is 5.22. The first-order chi connectivity index (χ1) is 20.3. The molecule has 1 aliphatic rings. The lowest BCUT2D eigenvalue weighted by atomic mass is 9.99. The van der Waals surface area contributed by atoms with Crippen LogP contribution >= 0.6 is 0 Å². The zero-order chi connectivity index (χ0) is 26.7. The van der Waals surface area contributed by atoms with Crippen LogP contribution in [0.15, 0.2) is 116 Å². The van der Waals surface area contributed by atoms with Gasteiger partial charge in [-0.05, 0) is 76.5 Å². The molecule has 10 rings (SSSR count). The van der Waals surface area contributed by atoms with Crippen molar-refractivity contribution in [3.63, 3.8) is 0 Å². The van der Waals surface area contributed by atoms with E-state index in [9.17, 15) is 0 Å². The average Bonchev–Trinajstić information content (AvgIpc) is 3.69. The van der Waals surface area contributed by atoms with Gasteiger partial charge in [0.05, 0.1) is 40.0 Å². The number of hydrogen-bond acceptors (Lipinski definition) is 3. The highest BCUT2D eigenvalue weighted by Gasteiger charge is 2.25. The van der Waals surface area contributed by atoms with E-state index in [-0.39, 0.29) is 0 Å². The predicted molar refractivity (Wildman–Crippen MR) is 166 cm³/mol. The Labute approximate surface area is 234 Å². The summed E-state index contributed by atoms with van der Waals surface area (Å²) in [7, 11) is 0. The van der Waals surface area contributed by atoms with Crippen molar-refractivity contribution in [2.24, 2.45) is 0 Å². The number of imidazole rings is 1. The van der Waals surface area contributed by atoms with Crippen LogP contribution < -0.4 is 0 Å². The van der Waals surface area contributed by atoms with E-state index >= 15 is 0 Å². The van der Waals surface area contributed by atoms with E-state index in [4.69, 9.17) is 4.98 Å². The molecule has 0 unspecified atom stereocenters. The van der Waals surface area contributed by atoms with E-state index in [2.05, 4.69) is 104 Å². The Morgan fingerprint density at radius 3 is 2.32 bits per heavy atom. The van der Waals surface area contributed by atoms with E-state index in [1.807, 2.05) is 30.9 Å². The second-order valence-electron chi connectivity index (χ2n) is 10.9.